The molecule has 3 heterocycles. The Labute approximate surface area is 144 Å². The van der Waals surface area contributed by atoms with Crippen LogP contribution < -0.4 is 0 Å². The zero-order chi connectivity index (χ0) is 16.5. The number of aryl methyl sites for hydroxylation is 2. The average Bonchev–Trinajstić information content (AvgIpc) is 3.08. The van der Waals surface area contributed by atoms with Crippen molar-refractivity contribution in [1.82, 2.24) is 14.5 Å². The van der Waals surface area contributed by atoms with E-state index in [0.717, 1.165) is 36.4 Å². The van der Waals surface area contributed by atoms with Crippen LogP contribution in [0, 0.1) is 19.8 Å². The highest BCUT2D eigenvalue weighted by molar-refractivity contribution is 5.11. The molecule has 0 atom stereocenters. The fourth-order valence-corrected chi connectivity index (χ4v) is 4.09. The summed E-state index contributed by atoms with van der Waals surface area (Å²) in [5, 5.41) is 0. The maximum Gasteiger partial charge on any atom is 0.118 e. The third-order valence-electron chi connectivity index (χ3n) is 5.88. The first-order valence-corrected chi connectivity index (χ1v) is 9.49. The normalized spacial score (nSPS) is 20.4. The van der Waals surface area contributed by atoms with Gasteiger partial charge >= 0.3 is 0 Å². The van der Waals surface area contributed by atoms with Crippen molar-refractivity contribution in [1.29, 1.82) is 0 Å². The standard InChI is InChI=1S/C20H29N3O/c1-15-12-21-20(18-4-3-5-18)23(15)13-17-8-10-22(11-9-17)14-19-7-6-16(2)24-19/h6-7,12,17-18H,3-5,8-11,13-14H2,1-2H3. The lowest BCUT2D eigenvalue weighted by molar-refractivity contribution is 0.155. The minimum atomic E-state index is 0.723. The molecule has 0 unspecified atom stereocenters. The molecule has 2 aromatic rings. The molecule has 0 radical (unpaired) electrons. The summed E-state index contributed by atoms with van der Waals surface area (Å²) in [6.07, 6.45) is 8.67. The molecule has 1 saturated heterocycles. The van der Waals surface area contributed by atoms with E-state index in [1.54, 1.807) is 0 Å². The van der Waals surface area contributed by atoms with E-state index in [4.69, 9.17) is 9.40 Å². The third-order valence-corrected chi connectivity index (χ3v) is 5.88. The topological polar surface area (TPSA) is 34.2 Å². The Balaban J connectivity index is 1.32. The van der Waals surface area contributed by atoms with Crippen LogP contribution in [-0.4, -0.2) is 27.5 Å². The molecular weight excluding hydrogens is 298 g/mol. The minimum Gasteiger partial charge on any atom is -0.465 e. The number of hydrogen-bond acceptors (Lipinski definition) is 3. The van der Waals surface area contributed by atoms with Gasteiger partial charge in [0.15, 0.2) is 0 Å². The SMILES string of the molecule is Cc1ccc(CN2CCC(Cn3c(C)cnc3C3CCC3)CC2)o1. The molecule has 24 heavy (non-hydrogen) atoms. The van der Waals surface area contributed by atoms with Crippen LogP contribution in [0.3, 0.4) is 0 Å². The molecule has 0 aromatic carbocycles. The number of rotatable bonds is 5. The molecule has 2 aromatic heterocycles. The summed E-state index contributed by atoms with van der Waals surface area (Å²) in [4.78, 5) is 7.25. The molecule has 2 aliphatic rings. The van der Waals surface area contributed by atoms with E-state index in [2.05, 4.69) is 34.7 Å². The predicted octanol–water partition coefficient (Wildman–Crippen LogP) is 4.27. The van der Waals surface area contributed by atoms with Gasteiger partial charge in [0, 0.05) is 24.4 Å². The fraction of sp³-hybridized carbons (Fsp3) is 0.650. The number of furan rings is 1. The monoisotopic (exact) mass is 327 g/mol. The van der Waals surface area contributed by atoms with E-state index in [1.807, 2.05) is 6.92 Å². The van der Waals surface area contributed by atoms with Crippen molar-refractivity contribution in [2.45, 2.75) is 65.0 Å². The Morgan fingerprint density at radius 2 is 1.92 bits per heavy atom. The number of hydrogen-bond donors (Lipinski definition) is 0. The second-order valence-corrected chi connectivity index (χ2v) is 7.73. The maximum atomic E-state index is 5.72. The van der Waals surface area contributed by atoms with E-state index in [1.165, 1.54) is 56.7 Å². The smallest absolute Gasteiger partial charge is 0.118 e. The van der Waals surface area contributed by atoms with Gasteiger partial charge in [0.1, 0.15) is 17.3 Å². The molecule has 1 aliphatic heterocycles. The average molecular weight is 327 g/mol. The van der Waals surface area contributed by atoms with E-state index in [-0.39, 0.29) is 0 Å². The lowest BCUT2D eigenvalue weighted by atomic mass is 9.84. The Morgan fingerprint density at radius 3 is 2.54 bits per heavy atom. The van der Waals surface area contributed by atoms with Crippen LogP contribution in [0.4, 0.5) is 0 Å². The summed E-state index contributed by atoms with van der Waals surface area (Å²) in [6, 6.07) is 4.17. The van der Waals surface area contributed by atoms with Crippen molar-refractivity contribution in [3.05, 3.63) is 41.4 Å². The van der Waals surface area contributed by atoms with Gasteiger partial charge < -0.3 is 8.98 Å². The van der Waals surface area contributed by atoms with Gasteiger partial charge in [-0.1, -0.05) is 6.42 Å². The van der Waals surface area contributed by atoms with Crippen LogP contribution in [0.2, 0.25) is 0 Å². The Hall–Kier alpha value is -1.55. The zero-order valence-corrected chi connectivity index (χ0v) is 15.0. The molecule has 0 N–H and O–H groups in total. The molecule has 1 aliphatic carbocycles. The lowest BCUT2D eigenvalue weighted by Gasteiger charge is -2.33. The Kier molecular flexibility index (Phi) is 4.49. The first-order chi connectivity index (χ1) is 11.7. The van der Waals surface area contributed by atoms with Gasteiger partial charge in [-0.3, -0.25) is 4.90 Å². The molecular formula is C20H29N3O. The lowest BCUT2D eigenvalue weighted by Crippen LogP contribution is -2.35. The van der Waals surface area contributed by atoms with Crippen molar-refractivity contribution in [3.8, 4) is 0 Å². The Bertz CT molecular complexity index is 675. The second-order valence-electron chi connectivity index (χ2n) is 7.73. The summed E-state index contributed by atoms with van der Waals surface area (Å²) < 4.78 is 8.23. The van der Waals surface area contributed by atoms with Gasteiger partial charge in [0.25, 0.3) is 0 Å². The molecule has 2 fully saturated rings. The van der Waals surface area contributed by atoms with Crippen molar-refractivity contribution >= 4 is 0 Å². The van der Waals surface area contributed by atoms with Gasteiger partial charge in [0.05, 0.1) is 6.54 Å². The van der Waals surface area contributed by atoms with Crippen molar-refractivity contribution in [3.63, 3.8) is 0 Å². The highest BCUT2D eigenvalue weighted by atomic mass is 16.3. The van der Waals surface area contributed by atoms with Crippen LogP contribution in [-0.2, 0) is 13.1 Å². The van der Waals surface area contributed by atoms with Crippen molar-refractivity contribution in [2.24, 2.45) is 5.92 Å². The quantitative estimate of drug-likeness (QED) is 0.822. The Morgan fingerprint density at radius 1 is 1.12 bits per heavy atom. The summed E-state index contributed by atoms with van der Waals surface area (Å²) in [6.45, 7) is 8.70. The maximum absolute atomic E-state index is 5.72. The molecule has 4 nitrogen and oxygen atoms in total. The molecule has 130 valence electrons. The third kappa shape index (κ3) is 3.30. The van der Waals surface area contributed by atoms with Gasteiger partial charge in [-0.05, 0) is 70.7 Å². The number of piperidine rings is 1. The summed E-state index contributed by atoms with van der Waals surface area (Å²) in [5.74, 6) is 4.97. The molecule has 0 spiro atoms. The number of imidazole rings is 1. The van der Waals surface area contributed by atoms with Crippen LogP contribution >= 0.6 is 0 Å². The largest absolute Gasteiger partial charge is 0.465 e. The predicted molar refractivity (Wildman–Crippen MR) is 95.0 cm³/mol. The molecule has 4 heteroatoms. The second kappa shape index (κ2) is 6.75. The van der Waals surface area contributed by atoms with Crippen LogP contribution in [0.15, 0.2) is 22.7 Å². The van der Waals surface area contributed by atoms with Crippen molar-refractivity contribution < 1.29 is 4.42 Å². The van der Waals surface area contributed by atoms with Gasteiger partial charge in [-0.2, -0.15) is 0 Å². The van der Waals surface area contributed by atoms with Gasteiger partial charge in [-0.15, -0.1) is 0 Å². The number of aromatic nitrogens is 2. The summed E-state index contributed by atoms with van der Waals surface area (Å²) >= 11 is 0. The first-order valence-electron chi connectivity index (χ1n) is 9.49. The van der Waals surface area contributed by atoms with Crippen LogP contribution in [0.25, 0.3) is 0 Å². The first kappa shape index (κ1) is 15.9. The molecule has 0 bridgehead atoms. The van der Waals surface area contributed by atoms with E-state index < -0.39 is 0 Å². The highest BCUT2D eigenvalue weighted by Crippen LogP contribution is 2.36. The number of likely N-dealkylation sites (tertiary alicyclic amines) is 1. The molecule has 0 amide bonds. The van der Waals surface area contributed by atoms with Gasteiger partial charge in [0.2, 0.25) is 0 Å². The molecule has 1 saturated carbocycles. The van der Waals surface area contributed by atoms with Crippen molar-refractivity contribution in [2.75, 3.05) is 13.1 Å². The van der Waals surface area contributed by atoms with Crippen LogP contribution in [0.5, 0.6) is 0 Å². The number of nitrogens with zero attached hydrogens (tertiary/aromatic N) is 3. The van der Waals surface area contributed by atoms with E-state index >= 15 is 0 Å². The zero-order valence-electron chi connectivity index (χ0n) is 15.0. The van der Waals surface area contributed by atoms with E-state index in [0.29, 0.717) is 0 Å². The highest BCUT2D eigenvalue weighted by Gasteiger charge is 2.27. The van der Waals surface area contributed by atoms with E-state index in [9.17, 15) is 0 Å². The van der Waals surface area contributed by atoms with Crippen LogP contribution in [0.1, 0.15) is 61.1 Å². The fourth-order valence-electron chi connectivity index (χ4n) is 4.09. The summed E-state index contributed by atoms with van der Waals surface area (Å²) in [5.41, 5.74) is 1.34. The molecule has 4 rings (SSSR count). The van der Waals surface area contributed by atoms with Gasteiger partial charge in [-0.25, -0.2) is 4.98 Å². The summed E-state index contributed by atoms with van der Waals surface area (Å²) in [7, 11) is 0. The minimum absolute atomic E-state index is 0.723.